The van der Waals surface area contributed by atoms with Crippen molar-refractivity contribution in [3.63, 3.8) is 0 Å². The van der Waals surface area contributed by atoms with Crippen molar-refractivity contribution in [2.24, 2.45) is 47.3 Å². The maximum atomic E-state index is 6.83. The van der Waals surface area contributed by atoms with Crippen LogP contribution >= 0.6 is 33.2 Å². The average Bonchev–Trinajstić information content (AvgIpc) is 3.45. The van der Waals surface area contributed by atoms with Gasteiger partial charge in [0.2, 0.25) is 0 Å². The first-order valence-corrected chi connectivity index (χ1v) is 32.6. The van der Waals surface area contributed by atoms with Gasteiger partial charge in [-0.3, -0.25) is 0 Å². The molecule has 2 aliphatic carbocycles. The third-order valence-electron chi connectivity index (χ3n) is 11.6. The van der Waals surface area contributed by atoms with Crippen LogP contribution in [0, 0.1) is 54.8 Å². The van der Waals surface area contributed by atoms with Gasteiger partial charge >= 0.3 is 18.9 Å². The molecule has 8 atom stereocenters. The summed E-state index contributed by atoms with van der Waals surface area (Å²) in [6.07, 6.45) is 4.00. The first-order chi connectivity index (χ1) is 16.9. The van der Waals surface area contributed by atoms with Crippen LogP contribution in [0.5, 0.6) is 0 Å². The fourth-order valence-corrected chi connectivity index (χ4v) is 15.5. The maximum Gasteiger partial charge on any atom is 1.00 e. The van der Waals surface area contributed by atoms with Crippen molar-refractivity contribution >= 4 is 61.5 Å². The zero-order valence-electron chi connectivity index (χ0n) is 30.3. The van der Waals surface area contributed by atoms with E-state index in [0.29, 0.717) is 0 Å². The molecule has 2 saturated carbocycles. The van der Waals surface area contributed by atoms with Gasteiger partial charge in [-0.1, -0.05) is 115 Å². The van der Waals surface area contributed by atoms with Crippen LogP contribution in [-0.4, -0.2) is 41.5 Å². The van der Waals surface area contributed by atoms with Gasteiger partial charge < -0.3 is 12.2 Å². The Morgan fingerprint density at radius 2 is 0.805 bits per heavy atom. The smallest absolute Gasteiger partial charge is 0.381 e. The predicted molar refractivity (Wildman–Crippen MR) is 202 cm³/mol. The molecule has 3 aliphatic rings. The number of ether oxygens (including phenoxy) is 1. The van der Waals surface area contributed by atoms with E-state index in [2.05, 4.69) is 108 Å². The molecule has 3 rings (SSSR count). The van der Waals surface area contributed by atoms with Gasteiger partial charge in [-0.25, -0.2) is 0 Å². The van der Waals surface area contributed by atoms with Crippen molar-refractivity contribution in [3.8, 4) is 0 Å². The van der Waals surface area contributed by atoms with Crippen molar-refractivity contribution in [2.45, 2.75) is 140 Å². The Balaban J connectivity index is -0.000000235. The Labute approximate surface area is 291 Å². The fourth-order valence-electron chi connectivity index (χ4n) is 6.36. The molecule has 9 heteroatoms. The minimum Gasteiger partial charge on any atom is -0.381 e. The van der Waals surface area contributed by atoms with E-state index in [1.165, 1.54) is 19.3 Å². The molecule has 0 aromatic carbocycles. The monoisotopic (exact) mass is 698 g/mol. The van der Waals surface area contributed by atoms with Gasteiger partial charge in [-0.15, -0.1) is 0 Å². The van der Waals surface area contributed by atoms with Crippen molar-refractivity contribution < 1.29 is 23.6 Å². The Kier molecular flexibility index (Phi) is 25.1. The summed E-state index contributed by atoms with van der Waals surface area (Å²) in [7, 11) is -1.28. The van der Waals surface area contributed by atoms with Gasteiger partial charge in [0, 0.05) is 13.2 Å². The molecule has 0 aromatic rings. The fraction of sp³-hybridized carbons (Fsp3) is 0.969. The van der Waals surface area contributed by atoms with Crippen LogP contribution in [0.1, 0.15) is 82.1 Å². The maximum absolute atomic E-state index is 6.83. The number of hydrogen-bond donors (Lipinski definition) is 0. The number of hydrogen-bond acceptors (Lipinski definition) is 1. The minimum absolute atomic E-state index is 0. The molecule has 0 amide bonds. The van der Waals surface area contributed by atoms with Crippen LogP contribution in [0.15, 0.2) is 0 Å². The van der Waals surface area contributed by atoms with E-state index in [0.717, 1.165) is 66.1 Å². The van der Waals surface area contributed by atoms with Gasteiger partial charge in [0.1, 0.15) is 6.90 Å². The second-order valence-electron chi connectivity index (χ2n) is 15.3. The van der Waals surface area contributed by atoms with E-state index < -0.39 is 28.3 Å². The SMILES string of the molecule is C.C1CCOC1.CC1C(C)C(C)C([Si](C)(C)[Si](C)(C)Cl)C1C.CC1CC(C)C(C)C1C.C[Si](C)(Cl)[Si](C)(C)Cl.[CH3-].[Li+]. The second kappa shape index (κ2) is 20.5. The third-order valence-corrected chi connectivity index (χ3v) is 52.6. The van der Waals surface area contributed by atoms with E-state index in [-0.39, 0.29) is 33.7 Å². The summed E-state index contributed by atoms with van der Waals surface area (Å²) >= 11 is 19.0. The Hall–Kier alpha value is 2.29. The van der Waals surface area contributed by atoms with Crippen molar-refractivity contribution in [1.29, 1.82) is 0 Å². The molecule has 1 heterocycles. The summed E-state index contributed by atoms with van der Waals surface area (Å²) < 4.78 is 4.94. The summed E-state index contributed by atoms with van der Waals surface area (Å²) in [6.45, 7) is 35.2. The molecule has 8 unspecified atom stereocenters. The van der Waals surface area contributed by atoms with Crippen LogP contribution < -0.4 is 18.9 Å². The van der Waals surface area contributed by atoms with Gasteiger partial charge in [-0.2, -0.15) is 33.2 Å². The minimum atomic E-state index is -1.48. The topological polar surface area (TPSA) is 9.23 Å². The van der Waals surface area contributed by atoms with E-state index in [1.54, 1.807) is 0 Å². The van der Waals surface area contributed by atoms with E-state index in [1.807, 2.05) is 0 Å². The molecule has 0 N–H and O–H groups in total. The molecule has 246 valence electrons. The van der Waals surface area contributed by atoms with Crippen LogP contribution in [0.4, 0.5) is 0 Å². The number of halogens is 3. The molecule has 0 aromatic heterocycles. The molecule has 0 bridgehead atoms. The molecule has 3 fully saturated rings. The van der Waals surface area contributed by atoms with Crippen molar-refractivity contribution in [2.75, 3.05) is 13.2 Å². The van der Waals surface area contributed by atoms with Crippen LogP contribution in [0.3, 0.4) is 0 Å². The summed E-state index contributed by atoms with van der Waals surface area (Å²) in [5.41, 5.74) is 0.927. The first kappa shape index (κ1) is 50.2. The molecule has 41 heavy (non-hydrogen) atoms. The summed E-state index contributed by atoms with van der Waals surface area (Å²) in [4.78, 5) is 0. The summed E-state index contributed by atoms with van der Waals surface area (Å²) in [5.74, 6) is 7.35. The predicted octanol–water partition coefficient (Wildman–Crippen LogP) is 9.92. The Morgan fingerprint density at radius 1 is 0.512 bits per heavy atom. The zero-order chi connectivity index (χ0) is 30.4. The van der Waals surface area contributed by atoms with Gasteiger partial charge in [0.05, 0.1) is 7.59 Å². The molecule has 0 spiro atoms. The van der Waals surface area contributed by atoms with Gasteiger partial charge in [-0.05, 0) is 72.1 Å². The number of rotatable bonds is 3. The zero-order valence-corrected chi connectivity index (χ0v) is 36.5. The van der Waals surface area contributed by atoms with Gasteiger partial charge in [0.25, 0.3) is 0 Å². The Bertz CT molecular complexity index is 630. The van der Waals surface area contributed by atoms with Crippen LogP contribution in [-0.2, 0) is 4.74 Å². The molecule has 1 saturated heterocycles. The molecule has 1 aliphatic heterocycles. The summed E-state index contributed by atoms with van der Waals surface area (Å²) in [5, 5.41) is 0. The molecule has 1 nitrogen and oxygen atoms in total. The van der Waals surface area contributed by atoms with Gasteiger partial charge in [0.15, 0.2) is 13.8 Å². The third kappa shape index (κ3) is 15.2. The second-order valence-corrected chi connectivity index (χ2v) is 54.7. The molecule has 0 radical (unpaired) electrons. The summed E-state index contributed by atoms with van der Waals surface area (Å²) in [6, 6.07) is 0. The standard InChI is InChI=1S/C13H29ClSi2.C9H18.C4H12Cl2Si2.C4H8O.CH4.CH3.Li/c1-9-10(2)12(4)13(11(9)3)15(5,6)16(7,8)14;1-6-5-7(2)9(4)8(6)3;1-7(2,5)8(3,4)6;1-2-4-5-3-1;;;/h9-13H,1-8H3;6-9H,5H2,1-4H3;1-4H3;1-4H2;1H4;1H3;/q;;;;;-1;+1. The van der Waals surface area contributed by atoms with Crippen LogP contribution in [0.25, 0.3) is 0 Å². The van der Waals surface area contributed by atoms with Crippen molar-refractivity contribution in [3.05, 3.63) is 7.43 Å². The Morgan fingerprint density at radius 3 is 0.951 bits per heavy atom. The first-order valence-electron chi connectivity index (χ1n) is 15.5. The average molecular weight is 701 g/mol. The molecular weight excluding hydrogens is 626 g/mol. The normalized spacial score (nSPS) is 33.3. The quantitative estimate of drug-likeness (QED) is 0.162. The van der Waals surface area contributed by atoms with E-state index in [4.69, 9.17) is 38.0 Å². The van der Waals surface area contributed by atoms with E-state index in [9.17, 15) is 0 Å². The van der Waals surface area contributed by atoms with E-state index >= 15 is 0 Å². The largest absolute Gasteiger partial charge is 1.00 e. The van der Waals surface area contributed by atoms with Crippen molar-refractivity contribution in [1.82, 2.24) is 0 Å². The van der Waals surface area contributed by atoms with Crippen LogP contribution in [0.2, 0.25) is 57.9 Å². The molecular formula is C32H74Cl3LiOSi4.